The fraction of sp³-hybridized carbons (Fsp3) is 0.481. The normalized spacial score (nSPS) is 12.2. The predicted octanol–water partition coefficient (Wildman–Crippen LogP) is 5.79. The lowest BCUT2D eigenvalue weighted by atomic mass is 9.84. The minimum absolute atomic E-state index is 0.0694. The third-order valence-electron chi connectivity index (χ3n) is 5.85. The maximum absolute atomic E-state index is 13.3. The van der Waals surface area contributed by atoms with E-state index in [2.05, 4.69) is 33.0 Å². The summed E-state index contributed by atoms with van der Waals surface area (Å²) < 4.78 is 11.2. The smallest absolute Gasteiger partial charge is 0.248 e. The Morgan fingerprint density at radius 2 is 1.67 bits per heavy atom. The van der Waals surface area contributed by atoms with Crippen LogP contribution in [-0.4, -0.2) is 26.0 Å². The summed E-state index contributed by atoms with van der Waals surface area (Å²) in [7, 11) is 3.26. The average molecular weight is 455 g/mol. The second kappa shape index (κ2) is 11.7. The standard InChI is InChI=1S/C27H38N2O4/c1-7-8-9-11-18(25-22(32-5)12-10-13-23(25)33-6)17-24(30)29-21-16-19(26(28)31)14-15-20(21)27(2,3)4/h10,12-16,18H,7-9,11,17H2,1-6H3,(H2,28,31)(H,29,30). The molecule has 0 aliphatic carbocycles. The number of hydrogen-bond donors (Lipinski definition) is 2. The number of hydrogen-bond acceptors (Lipinski definition) is 4. The van der Waals surface area contributed by atoms with Gasteiger partial charge in [0.15, 0.2) is 0 Å². The lowest BCUT2D eigenvalue weighted by Crippen LogP contribution is -2.22. The summed E-state index contributed by atoms with van der Waals surface area (Å²) in [5, 5.41) is 3.05. The van der Waals surface area contributed by atoms with Crippen LogP contribution in [0.15, 0.2) is 36.4 Å². The molecule has 2 amide bonds. The molecular weight excluding hydrogens is 416 g/mol. The maximum Gasteiger partial charge on any atom is 0.248 e. The van der Waals surface area contributed by atoms with Crippen LogP contribution >= 0.6 is 0 Å². The van der Waals surface area contributed by atoms with Gasteiger partial charge in [-0.15, -0.1) is 0 Å². The van der Waals surface area contributed by atoms with E-state index in [1.165, 1.54) is 0 Å². The van der Waals surface area contributed by atoms with Crippen molar-refractivity contribution in [2.24, 2.45) is 5.73 Å². The quantitative estimate of drug-likeness (QED) is 0.420. The molecule has 2 aromatic carbocycles. The third kappa shape index (κ3) is 6.98. The molecule has 0 saturated carbocycles. The van der Waals surface area contributed by atoms with Gasteiger partial charge in [0.1, 0.15) is 11.5 Å². The summed E-state index contributed by atoms with van der Waals surface area (Å²) in [4.78, 5) is 25.0. The molecule has 0 spiro atoms. The highest BCUT2D eigenvalue weighted by Crippen LogP contribution is 2.40. The van der Waals surface area contributed by atoms with Crippen molar-refractivity contribution in [3.63, 3.8) is 0 Å². The number of ether oxygens (including phenoxy) is 2. The van der Waals surface area contributed by atoms with Gasteiger partial charge in [-0.3, -0.25) is 9.59 Å². The molecular formula is C27H38N2O4. The first kappa shape index (κ1) is 26.2. The Balaban J connectivity index is 2.38. The lowest BCUT2D eigenvalue weighted by molar-refractivity contribution is -0.116. The molecule has 2 aromatic rings. The molecule has 33 heavy (non-hydrogen) atoms. The fourth-order valence-corrected chi connectivity index (χ4v) is 4.15. The molecule has 6 heteroatoms. The van der Waals surface area contributed by atoms with E-state index >= 15 is 0 Å². The number of anilines is 1. The van der Waals surface area contributed by atoms with Crippen LogP contribution < -0.4 is 20.5 Å². The Morgan fingerprint density at radius 1 is 1.03 bits per heavy atom. The SMILES string of the molecule is CCCCCC(CC(=O)Nc1cc(C(N)=O)ccc1C(C)(C)C)c1c(OC)cccc1OC. The van der Waals surface area contributed by atoms with Crippen molar-refractivity contribution < 1.29 is 19.1 Å². The molecule has 1 unspecified atom stereocenters. The van der Waals surface area contributed by atoms with Crippen LogP contribution in [0.25, 0.3) is 0 Å². The molecule has 2 rings (SSSR count). The molecule has 1 atom stereocenters. The number of primary amides is 1. The summed E-state index contributed by atoms with van der Waals surface area (Å²) in [6.07, 6.45) is 4.29. The molecule has 0 aliphatic rings. The van der Waals surface area contributed by atoms with Gasteiger partial charge in [-0.05, 0) is 47.6 Å². The van der Waals surface area contributed by atoms with E-state index in [4.69, 9.17) is 15.2 Å². The molecule has 0 fully saturated rings. The highest BCUT2D eigenvalue weighted by Gasteiger charge is 2.25. The Hall–Kier alpha value is -3.02. The number of methoxy groups -OCH3 is 2. The van der Waals surface area contributed by atoms with E-state index in [9.17, 15) is 9.59 Å². The van der Waals surface area contributed by atoms with Crippen molar-refractivity contribution >= 4 is 17.5 Å². The molecule has 0 saturated heterocycles. The second-order valence-corrected chi connectivity index (χ2v) is 9.40. The Kier molecular flexibility index (Phi) is 9.32. The highest BCUT2D eigenvalue weighted by molar-refractivity contribution is 5.97. The zero-order valence-corrected chi connectivity index (χ0v) is 20.8. The minimum Gasteiger partial charge on any atom is -0.496 e. The number of nitrogens with two attached hydrogens (primary N) is 1. The molecule has 6 nitrogen and oxygen atoms in total. The number of benzene rings is 2. The van der Waals surface area contributed by atoms with E-state index in [0.29, 0.717) is 11.3 Å². The van der Waals surface area contributed by atoms with Crippen LogP contribution in [-0.2, 0) is 10.2 Å². The van der Waals surface area contributed by atoms with E-state index < -0.39 is 5.91 Å². The summed E-state index contributed by atoms with van der Waals surface area (Å²) in [5.74, 6) is 0.711. The van der Waals surface area contributed by atoms with Crippen LogP contribution in [0.3, 0.4) is 0 Å². The van der Waals surface area contributed by atoms with Gasteiger partial charge in [-0.1, -0.05) is 59.1 Å². The number of unbranched alkanes of at least 4 members (excludes halogenated alkanes) is 2. The molecule has 3 N–H and O–H groups in total. The van der Waals surface area contributed by atoms with E-state index in [-0.39, 0.29) is 23.7 Å². The van der Waals surface area contributed by atoms with Crippen molar-refractivity contribution in [2.75, 3.05) is 19.5 Å². The van der Waals surface area contributed by atoms with Crippen molar-refractivity contribution in [3.05, 3.63) is 53.1 Å². The van der Waals surface area contributed by atoms with Gasteiger partial charge in [-0.25, -0.2) is 0 Å². The van der Waals surface area contributed by atoms with Crippen LogP contribution in [0, 0.1) is 0 Å². The van der Waals surface area contributed by atoms with Crippen molar-refractivity contribution in [1.82, 2.24) is 0 Å². The van der Waals surface area contributed by atoms with Gasteiger partial charge in [0.05, 0.1) is 14.2 Å². The number of carbonyl (C=O) groups excluding carboxylic acids is 2. The molecule has 0 radical (unpaired) electrons. The van der Waals surface area contributed by atoms with Gasteiger partial charge in [-0.2, -0.15) is 0 Å². The highest BCUT2D eigenvalue weighted by atomic mass is 16.5. The topological polar surface area (TPSA) is 90.7 Å². The molecule has 0 heterocycles. The number of amides is 2. The summed E-state index contributed by atoms with van der Waals surface area (Å²) in [6.45, 7) is 8.35. The predicted molar refractivity (Wildman–Crippen MR) is 133 cm³/mol. The van der Waals surface area contributed by atoms with Gasteiger partial charge < -0.3 is 20.5 Å². The van der Waals surface area contributed by atoms with Crippen LogP contribution in [0.4, 0.5) is 5.69 Å². The van der Waals surface area contributed by atoms with E-state index in [1.807, 2.05) is 24.3 Å². The Morgan fingerprint density at radius 3 is 2.18 bits per heavy atom. The largest absolute Gasteiger partial charge is 0.496 e. The fourth-order valence-electron chi connectivity index (χ4n) is 4.15. The van der Waals surface area contributed by atoms with Gasteiger partial charge in [0, 0.05) is 23.2 Å². The van der Waals surface area contributed by atoms with Gasteiger partial charge in [0.2, 0.25) is 11.8 Å². The van der Waals surface area contributed by atoms with Crippen molar-refractivity contribution in [3.8, 4) is 11.5 Å². The second-order valence-electron chi connectivity index (χ2n) is 9.40. The first-order chi connectivity index (χ1) is 15.6. The Bertz CT molecular complexity index is 941. The van der Waals surface area contributed by atoms with Gasteiger partial charge in [0.25, 0.3) is 0 Å². The third-order valence-corrected chi connectivity index (χ3v) is 5.85. The molecule has 0 bridgehead atoms. The van der Waals surface area contributed by atoms with Crippen LogP contribution in [0.1, 0.15) is 87.2 Å². The molecule has 0 aliphatic heterocycles. The number of nitrogens with one attached hydrogen (secondary N) is 1. The number of carbonyl (C=O) groups is 2. The van der Waals surface area contributed by atoms with Crippen molar-refractivity contribution in [1.29, 1.82) is 0 Å². The first-order valence-electron chi connectivity index (χ1n) is 11.6. The molecule has 180 valence electrons. The summed E-state index contributed by atoms with van der Waals surface area (Å²) >= 11 is 0. The first-order valence-corrected chi connectivity index (χ1v) is 11.6. The summed E-state index contributed by atoms with van der Waals surface area (Å²) in [5.41, 5.74) is 8.10. The maximum atomic E-state index is 13.3. The molecule has 0 aromatic heterocycles. The lowest BCUT2D eigenvalue weighted by Gasteiger charge is -2.25. The van der Waals surface area contributed by atoms with Crippen LogP contribution in [0.2, 0.25) is 0 Å². The van der Waals surface area contributed by atoms with Gasteiger partial charge >= 0.3 is 0 Å². The summed E-state index contributed by atoms with van der Waals surface area (Å²) in [6, 6.07) is 10.9. The van der Waals surface area contributed by atoms with Crippen LogP contribution in [0.5, 0.6) is 11.5 Å². The zero-order chi connectivity index (χ0) is 24.6. The monoisotopic (exact) mass is 454 g/mol. The van der Waals surface area contributed by atoms with E-state index in [0.717, 1.165) is 48.3 Å². The average Bonchev–Trinajstić information content (AvgIpc) is 2.77. The number of rotatable bonds is 11. The Labute approximate surface area is 197 Å². The zero-order valence-electron chi connectivity index (χ0n) is 20.8. The minimum atomic E-state index is -0.526. The van der Waals surface area contributed by atoms with E-state index in [1.54, 1.807) is 26.4 Å². The van der Waals surface area contributed by atoms with Crippen molar-refractivity contribution in [2.45, 2.75) is 71.1 Å².